The molecule has 2 heterocycles. The van der Waals surface area contributed by atoms with Crippen molar-refractivity contribution in [3.05, 3.63) is 35.2 Å². The van der Waals surface area contributed by atoms with E-state index in [2.05, 4.69) is 19.9 Å². The number of hydrogen-bond donors (Lipinski definition) is 1. The van der Waals surface area contributed by atoms with Gasteiger partial charge in [0.2, 0.25) is 0 Å². The predicted octanol–water partition coefficient (Wildman–Crippen LogP) is 3.47. The highest BCUT2D eigenvalue weighted by Crippen LogP contribution is 2.30. The van der Waals surface area contributed by atoms with Crippen molar-refractivity contribution in [1.29, 1.82) is 0 Å². The SMILES string of the molecule is COc1ccc2nc(Sc3ncnc(Cl)c3C)[nH]c2c1. The molecule has 0 unspecified atom stereocenters. The smallest absolute Gasteiger partial charge is 0.172 e. The maximum absolute atomic E-state index is 5.99. The van der Waals surface area contributed by atoms with Crippen LogP contribution in [0.2, 0.25) is 5.15 Å². The van der Waals surface area contributed by atoms with E-state index >= 15 is 0 Å². The molecule has 0 aliphatic carbocycles. The first-order valence-corrected chi connectivity index (χ1v) is 7.05. The highest BCUT2D eigenvalue weighted by atomic mass is 35.5. The summed E-state index contributed by atoms with van der Waals surface area (Å²) in [5, 5.41) is 2.00. The Kier molecular flexibility index (Phi) is 3.50. The molecule has 0 aliphatic rings. The number of rotatable bonds is 3. The molecular weight excluding hydrogens is 296 g/mol. The first-order chi connectivity index (χ1) is 9.67. The van der Waals surface area contributed by atoms with Crippen molar-refractivity contribution >= 4 is 34.4 Å². The second-order valence-corrected chi connectivity index (χ2v) is 5.46. The van der Waals surface area contributed by atoms with Crippen LogP contribution >= 0.6 is 23.4 Å². The molecule has 2 aromatic heterocycles. The van der Waals surface area contributed by atoms with E-state index in [1.54, 1.807) is 7.11 Å². The lowest BCUT2D eigenvalue weighted by atomic mass is 10.3. The number of nitrogens with zero attached hydrogens (tertiary/aromatic N) is 3. The fourth-order valence-corrected chi connectivity index (χ4v) is 2.78. The number of hydrogen-bond acceptors (Lipinski definition) is 5. The fourth-order valence-electron chi connectivity index (χ4n) is 1.75. The zero-order valence-corrected chi connectivity index (χ0v) is 12.4. The summed E-state index contributed by atoms with van der Waals surface area (Å²) in [6, 6.07) is 5.70. The Morgan fingerprint density at radius 2 is 2.15 bits per heavy atom. The molecule has 20 heavy (non-hydrogen) atoms. The number of nitrogens with one attached hydrogen (secondary N) is 1. The summed E-state index contributed by atoms with van der Waals surface area (Å²) in [6.45, 7) is 1.89. The number of benzene rings is 1. The van der Waals surface area contributed by atoms with Gasteiger partial charge < -0.3 is 9.72 Å². The highest BCUT2D eigenvalue weighted by Gasteiger charge is 2.10. The molecular formula is C13H11ClN4OS. The maximum atomic E-state index is 5.99. The van der Waals surface area contributed by atoms with Crippen molar-refractivity contribution in [2.75, 3.05) is 7.11 Å². The lowest BCUT2D eigenvalue weighted by Gasteiger charge is -2.02. The minimum absolute atomic E-state index is 0.459. The van der Waals surface area contributed by atoms with Crippen LogP contribution in [0.25, 0.3) is 11.0 Å². The lowest BCUT2D eigenvalue weighted by Crippen LogP contribution is -1.90. The van der Waals surface area contributed by atoms with Gasteiger partial charge in [0.05, 0.1) is 18.1 Å². The molecule has 102 valence electrons. The zero-order valence-electron chi connectivity index (χ0n) is 10.8. The molecule has 0 radical (unpaired) electrons. The number of fused-ring (bicyclic) bond motifs is 1. The van der Waals surface area contributed by atoms with Gasteiger partial charge in [-0.25, -0.2) is 15.0 Å². The third-order valence-corrected chi connectivity index (χ3v) is 4.21. The Hall–Kier alpha value is -1.79. The summed E-state index contributed by atoms with van der Waals surface area (Å²) in [7, 11) is 1.64. The van der Waals surface area contributed by atoms with E-state index in [0.717, 1.165) is 32.5 Å². The Labute approximate surface area is 124 Å². The Balaban J connectivity index is 1.96. The van der Waals surface area contributed by atoms with Gasteiger partial charge >= 0.3 is 0 Å². The number of methoxy groups -OCH3 is 1. The molecule has 0 atom stereocenters. The summed E-state index contributed by atoms with van der Waals surface area (Å²) < 4.78 is 5.19. The van der Waals surface area contributed by atoms with Crippen molar-refractivity contribution in [2.24, 2.45) is 0 Å². The van der Waals surface area contributed by atoms with E-state index in [9.17, 15) is 0 Å². The number of halogens is 1. The van der Waals surface area contributed by atoms with Crippen LogP contribution in [-0.4, -0.2) is 27.0 Å². The Bertz CT molecular complexity index is 774. The first kappa shape index (κ1) is 13.2. The summed E-state index contributed by atoms with van der Waals surface area (Å²) in [6.07, 6.45) is 1.45. The predicted molar refractivity (Wildman–Crippen MR) is 78.5 cm³/mol. The van der Waals surface area contributed by atoms with Crippen molar-refractivity contribution in [1.82, 2.24) is 19.9 Å². The molecule has 1 aromatic carbocycles. The van der Waals surface area contributed by atoms with Gasteiger partial charge in [-0.15, -0.1) is 0 Å². The highest BCUT2D eigenvalue weighted by molar-refractivity contribution is 7.99. The number of ether oxygens (including phenoxy) is 1. The summed E-state index contributed by atoms with van der Waals surface area (Å²) in [5.41, 5.74) is 2.65. The van der Waals surface area contributed by atoms with Crippen LogP contribution in [-0.2, 0) is 0 Å². The first-order valence-electron chi connectivity index (χ1n) is 5.86. The third kappa shape index (κ3) is 2.44. The zero-order chi connectivity index (χ0) is 14.1. The molecule has 3 rings (SSSR count). The van der Waals surface area contributed by atoms with E-state index < -0.39 is 0 Å². The van der Waals surface area contributed by atoms with Gasteiger partial charge in [0.15, 0.2) is 5.16 Å². The largest absolute Gasteiger partial charge is 0.497 e. The molecule has 5 nitrogen and oxygen atoms in total. The average molecular weight is 307 g/mol. The van der Waals surface area contributed by atoms with Crippen molar-refractivity contribution < 1.29 is 4.74 Å². The molecule has 0 spiro atoms. The minimum atomic E-state index is 0.459. The van der Waals surface area contributed by atoms with E-state index in [0.29, 0.717) is 5.15 Å². The monoisotopic (exact) mass is 306 g/mol. The van der Waals surface area contributed by atoms with Gasteiger partial charge in [-0.2, -0.15) is 0 Å². The minimum Gasteiger partial charge on any atom is -0.497 e. The van der Waals surface area contributed by atoms with Gasteiger partial charge in [-0.1, -0.05) is 11.6 Å². The molecule has 0 fully saturated rings. The van der Waals surface area contributed by atoms with E-state index in [1.807, 2.05) is 25.1 Å². The number of aromatic amines is 1. The quantitative estimate of drug-likeness (QED) is 0.751. The van der Waals surface area contributed by atoms with Gasteiger partial charge in [0.1, 0.15) is 22.3 Å². The normalized spacial score (nSPS) is 10.9. The molecule has 0 saturated heterocycles. The summed E-state index contributed by atoms with van der Waals surface area (Å²) >= 11 is 7.41. The van der Waals surface area contributed by atoms with E-state index in [-0.39, 0.29) is 0 Å². The second-order valence-electron chi connectivity index (χ2n) is 4.12. The number of imidazole rings is 1. The Morgan fingerprint density at radius 1 is 1.30 bits per heavy atom. The van der Waals surface area contributed by atoms with Gasteiger partial charge in [-0.3, -0.25) is 0 Å². The van der Waals surface area contributed by atoms with Gasteiger partial charge in [0, 0.05) is 11.6 Å². The van der Waals surface area contributed by atoms with Crippen LogP contribution in [0, 0.1) is 6.92 Å². The molecule has 7 heteroatoms. The van der Waals surface area contributed by atoms with Crippen molar-refractivity contribution in [3.8, 4) is 5.75 Å². The summed E-state index contributed by atoms with van der Waals surface area (Å²) in [5.74, 6) is 0.791. The van der Waals surface area contributed by atoms with Gasteiger partial charge in [-0.05, 0) is 30.8 Å². The third-order valence-electron chi connectivity index (χ3n) is 2.84. The van der Waals surface area contributed by atoms with Gasteiger partial charge in [0.25, 0.3) is 0 Å². The maximum Gasteiger partial charge on any atom is 0.172 e. The van der Waals surface area contributed by atoms with Crippen molar-refractivity contribution in [2.45, 2.75) is 17.1 Å². The van der Waals surface area contributed by atoms with E-state index in [1.165, 1.54) is 18.1 Å². The summed E-state index contributed by atoms with van der Waals surface area (Å²) in [4.78, 5) is 15.9. The van der Waals surface area contributed by atoms with Crippen LogP contribution < -0.4 is 4.74 Å². The molecule has 0 bridgehead atoms. The molecule has 3 aromatic rings. The number of H-pyrrole nitrogens is 1. The molecule has 0 amide bonds. The molecule has 0 aliphatic heterocycles. The van der Waals surface area contributed by atoms with Crippen LogP contribution in [0.4, 0.5) is 0 Å². The lowest BCUT2D eigenvalue weighted by molar-refractivity contribution is 0.415. The standard InChI is InChI=1S/C13H11ClN4OS/c1-7-11(14)15-6-16-12(7)20-13-17-9-4-3-8(19-2)5-10(9)18-13/h3-6H,1-2H3,(H,17,18). The van der Waals surface area contributed by atoms with Crippen LogP contribution in [0.3, 0.4) is 0 Å². The van der Waals surface area contributed by atoms with Crippen LogP contribution in [0.1, 0.15) is 5.56 Å². The van der Waals surface area contributed by atoms with Crippen LogP contribution in [0.15, 0.2) is 34.7 Å². The van der Waals surface area contributed by atoms with Crippen LogP contribution in [0.5, 0.6) is 5.75 Å². The van der Waals surface area contributed by atoms with Crippen molar-refractivity contribution in [3.63, 3.8) is 0 Å². The van der Waals surface area contributed by atoms with E-state index in [4.69, 9.17) is 16.3 Å². The average Bonchev–Trinajstić information content (AvgIpc) is 2.85. The number of aromatic nitrogens is 4. The second kappa shape index (κ2) is 5.30. The molecule has 0 saturated carbocycles. The topological polar surface area (TPSA) is 63.7 Å². The fraction of sp³-hybridized carbons (Fsp3) is 0.154. The Morgan fingerprint density at radius 3 is 2.95 bits per heavy atom. The molecule has 1 N–H and O–H groups in total.